The number of carbonyl (C=O) groups excluding carboxylic acids is 2. The second-order valence-electron chi connectivity index (χ2n) is 8.30. The lowest BCUT2D eigenvalue weighted by Gasteiger charge is -2.23. The predicted octanol–water partition coefficient (Wildman–Crippen LogP) is 4.95. The Morgan fingerprint density at radius 1 is 0.935 bits per heavy atom. The summed E-state index contributed by atoms with van der Waals surface area (Å²) >= 11 is 0. The van der Waals surface area contributed by atoms with Crippen molar-refractivity contribution in [1.82, 2.24) is 0 Å². The molecule has 0 fully saturated rings. The first-order valence-corrected chi connectivity index (χ1v) is 10.7. The van der Waals surface area contributed by atoms with E-state index in [0.29, 0.717) is 23.4 Å². The fourth-order valence-electron chi connectivity index (χ4n) is 4.19. The van der Waals surface area contributed by atoms with Gasteiger partial charge in [0.1, 0.15) is 0 Å². The van der Waals surface area contributed by atoms with Crippen molar-refractivity contribution in [3.05, 3.63) is 101 Å². The monoisotopic (exact) mass is 413 g/mol. The average molecular weight is 414 g/mol. The van der Waals surface area contributed by atoms with Gasteiger partial charge in [0.2, 0.25) is 0 Å². The highest BCUT2D eigenvalue weighted by molar-refractivity contribution is 6.10. The number of fused-ring (bicyclic) bond motifs is 1. The first kappa shape index (κ1) is 21.0. The van der Waals surface area contributed by atoms with Crippen LogP contribution >= 0.6 is 0 Å². The normalized spacial score (nSPS) is 17.6. The van der Waals surface area contributed by atoms with Crippen molar-refractivity contribution in [2.24, 2.45) is 0 Å². The van der Waals surface area contributed by atoms with Gasteiger partial charge in [-0.2, -0.15) is 0 Å². The molecule has 0 radical (unpaired) electrons. The van der Waals surface area contributed by atoms with Crippen molar-refractivity contribution >= 4 is 17.4 Å². The Bertz CT molecular complexity index is 1100. The van der Waals surface area contributed by atoms with E-state index in [-0.39, 0.29) is 12.2 Å². The Morgan fingerprint density at radius 3 is 2.26 bits per heavy atom. The van der Waals surface area contributed by atoms with E-state index in [2.05, 4.69) is 6.92 Å². The Morgan fingerprint density at radius 2 is 1.58 bits per heavy atom. The van der Waals surface area contributed by atoms with Gasteiger partial charge < -0.3 is 10.0 Å². The molecule has 4 rings (SSSR count). The van der Waals surface area contributed by atoms with E-state index in [0.717, 1.165) is 24.0 Å². The maximum absolute atomic E-state index is 13.4. The smallest absolute Gasteiger partial charge is 0.264 e. The predicted molar refractivity (Wildman–Crippen MR) is 122 cm³/mol. The first-order valence-electron chi connectivity index (χ1n) is 10.7. The molecule has 1 heterocycles. The number of Topliss-reactive ketones (excluding diaryl/α,β-unsaturated/α-hetero) is 1. The van der Waals surface area contributed by atoms with Gasteiger partial charge in [-0.15, -0.1) is 0 Å². The number of amides is 1. The van der Waals surface area contributed by atoms with E-state index in [1.54, 1.807) is 29.2 Å². The standard InChI is InChI=1S/C27H27NO3/c1-3-6-20-13-15-22(16-14-20)25(29)17-27(31)23-7-4-5-8-24(23)28(26(27)30)18-21-11-9-19(2)10-12-21/h4-5,7-16,31H,3,6,17-18H2,1-2H3/t27-/m0/s1. The fraction of sp³-hybridized carbons (Fsp3) is 0.259. The number of carbonyl (C=O) groups is 2. The Kier molecular flexibility index (Phi) is 5.75. The number of rotatable bonds is 7. The summed E-state index contributed by atoms with van der Waals surface area (Å²) in [5, 5.41) is 11.5. The third-order valence-corrected chi connectivity index (χ3v) is 5.93. The zero-order valence-electron chi connectivity index (χ0n) is 18.0. The summed E-state index contributed by atoms with van der Waals surface area (Å²) in [6.07, 6.45) is 1.72. The number of para-hydroxylation sites is 1. The second kappa shape index (κ2) is 8.48. The van der Waals surface area contributed by atoms with Crippen LogP contribution in [0.4, 0.5) is 5.69 Å². The molecule has 0 bridgehead atoms. The van der Waals surface area contributed by atoms with Crippen molar-refractivity contribution in [2.75, 3.05) is 4.90 Å². The van der Waals surface area contributed by atoms with Crippen LogP contribution in [0, 0.1) is 6.92 Å². The maximum atomic E-state index is 13.4. The highest BCUT2D eigenvalue weighted by Crippen LogP contribution is 2.43. The van der Waals surface area contributed by atoms with E-state index >= 15 is 0 Å². The minimum absolute atomic E-state index is 0.245. The number of benzene rings is 3. The largest absolute Gasteiger partial charge is 0.375 e. The van der Waals surface area contributed by atoms with Gasteiger partial charge in [-0.3, -0.25) is 9.59 Å². The molecule has 0 spiro atoms. The molecule has 0 saturated carbocycles. The topological polar surface area (TPSA) is 57.6 Å². The molecular weight excluding hydrogens is 386 g/mol. The van der Waals surface area contributed by atoms with Crippen LogP contribution < -0.4 is 4.90 Å². The van der Waals surface area contributed by atoms with Crippen LogP contribution in [-0.4, -0.2) is 16.8 Å². The molecule has 4 nitrogen and oxygen atoms in total. The number of aliphatic hydroxyl groups is 1. The summed E-state index contributed by atoms with van der Waals surface area (Å²) in [5.74, 6) is -0.698. The Labute approximate surface area is 183 Å². The van der Waals surface area contributed by atoms with Crippen LogP contribution in [0.1, 0.15) is 52.4 Å². The molecule has 0 aliphatic carbocycles. The van der Waals surface area contributed by atoms with Gasteiger partial charge in [0, 0.05) is 11.1 Å². The van der Waals surface area contributed by atoms with E-state index in [1.807, 2.05) is 55.5 Å². The third-order valence-electron chi connectivity index (χ3n) is 5.93. The molecule has 31 heavy (non-hydrogen) atoms. The van der Waals surface area contributed by atoms with Crippen molar-refractivity contribution in [2.45, 2.75) is 45.3 Å². The van der Waals surface area contributed by atoms with Gasteiger partial charge in [-0.1, -0.05) is 85.6 Å². The lowest BCUT2D eigenvalue weighted by Crippen LogP contribution is -2.41. The molecule has 1 amide bonds. The van der Waals surface area contributed by atoms with Gasteiger partial charge in [0.15, 0.2) is 11.4 Å². The molecule has 0 aromatic heterocycles. The van der Waals surface area contributed by atoms with Crippen molar-refractivity contribution in [3.8, 4) is 0 Å². The number of anilines is 1. The third kappa shape index (κ3) is 4.04. The van der Waals surface area contributed by atoms with E-state index in [4.69, 9.17) is 0 Å². The molecule has 1 aliphatic heterocycles. The van der Waals surface area contributed by atoms with E-state index in [1.165, 1.54) is 5.56 Å². The fourth-order valence-corrected chi connectivity index (χ4v) is 4.19. The summed E-state index contributed by atoms with van der Waals surface area (Å²) < 4.78 is 0. The zero-order chi connectivity index (χ0) is 22.0. The van der Waals surface area contributed by atoms with Gasteiger partial charge in [0.05, 0.1) is 18.7 Å². The van der Waals surface area contributed by atoms with Crippen LogP contribution in [0.15, 0.2) is 72.8 Å². The summed E-state index contributed by atoms with van der Waals surface area (Å²) in [6, 6.07) is 22.6. The van der Waals surface area contributed by atoms with Crippen LogP contribution in [0.2, 0.25) is 0 Å². The summed E-state index contributed by atoms with van der Waals surface area (Å²) in [4.78, 5) is 28.0. The SMILES string of the molecule is CCCc1ccc(C(=O)C[C@@]2(O)C(=O)N(Cc3ccc(C)cc3)c3ccccc32)cc1. The lowest BCUT2D eigenvalue weighted by molar-refractivity contribution is -0.136. The molecule has 0 unspecified atom stereocenters. The highest BCUT2D eigenvalue weighted by Gasteiger charge is 2.50. The molecule has 3 aromatic rings. The minimum Gasteiger partial charge on any atom is -0.375 e. The summed E-state index contributed by atoms with van der Waals surface area (Å²) in [6.45, 7) is 4.47. The molecule has 4 heteroatoms. The molecule has 1 aliphatic rings. The number of aryl methyl sites for hydroxylation is 2. The van der Waals surface area contributed by atoms with Gasteiger partial charge in [0.25, 0.3) is 5.91 Å². The molecule has 1 N–H and O–H groups in total. The van der Waals surface area contributed by atoms with E-state index in [9.17, 15) is 14.7 Å². The number of hydrogen-bond acceptors (Lipinski definition) is 3. The molecule has 0 saturated heterocycles. The van der Waals surface area contributed by atoms with Crippen molar-refractivity contribution in [1.29, 1.82) is 0 Å². The summed E-state index contributed by atoms with van der Waals surface area (Å²) in [5.41, 5.74) is 3.07. The number of ketones is 1. The van der Waals surface area contributed by atoms with Crippen LogP contribution in [0.3, 0.4) is 0 Å². The zero-order valence-corrected chi connectivity index (χ0v) is 18.0. The molecule has 3 aromatic carbocycles. The highest BCUT2D eigenvalue weighted by atomic mass is 16.3. The van der Waals surface area contributed by atoms with E-state index < -0.39 is 11.5 Å². The second-order valence-corrected chi connectivity index (χ2v) is 8.30. The van der Waals surface area contributed by atoms with Gasteiger partial charge >= 0.3 is 0 Å². The van der Waals surface area contributed by atoms with Gasteiger partial charge in [-0.25, -0.2) is 0 Å². The Hall–Kier alpha value is -3.24. The quantitative estimate of drug-likeness (QED) is 0.557. The molecule has 158 valence electrons. The van der Waals surface area contributed by atoms with Crippen LogP contribution in [-0.2, 0) is 23.4 Å². The van der Waals surface area contributed by atoms with Gasteiger partial charge in [-0.05, 0) is 30.5 Å². The maximum Gasteiger partial charge on any atom is 0.264 e. The van der Waals surface area contributed by atoms with Crippen molar-refractivity contribution in [3.63, 3.8) is 0 Å². The number of nitrogens with zero attached hydrogens (tertiary/aromatic N) is 1. The van der Waals surface area contributed by atoms with Crippen LogP contribution in [0.5, 0.6) is 0 Å². The number of hydrogen-bond donors (Lipinski definition) is 1. The average Bonchev–Trinajstić information content (AvgIpc) is 2.98. The minimum atomic E-state index is -1.86. The Balaban J connectivity index is 1.61. The lowest BCUT2D eigenvalue weighted by atomic mass is 9.88. The van der Waals surface area contributed by atoms with Crippen molar-refractivity contribution < 1.29 is 14.7 Å². The van der Waals surface area contributed by atoms with Crippen LogP contribution in [0.25, 0.3) is 0 Å². The molecule has 1 atom stereocenters. The summed E-state index contributed by atoms with van der Waals surface area (Å²) in [7, 11) is 0. The molecular formula is C27H27NO3. The first-order chi connectivity index (χ1) is 14.9.